The number of likely N-dealkylation sites (tertiary alicyclic amines) is 1. The van der Waals surface area contributed by atoms with Crippen molar-refractivity contribution in [2.24, 2.45) is 0 Å². The summed E-state index contributed by atoms with van der Waals surface area (Å²) in [7, 11) is 0. The van der Waals surface area contributed by atoms with E-state index in [4.69, 9.17) is 10.00 Å². The van der Waals surface area contributed by atoms with Gasteiger partial charge >= 0.3 is 0 Å². The molecule has 6 heteroatoms. The fourth-order valence-electron chi connectivity index (χ4n) is 2.06. The predicted molar refractivity (Wildman–Crippen MR) is 73.5 cm³/mol. The van der Waals surface area contributed by atoms with Crippen LogP contribution >= 0.6 is 0 Å². The molecule has 0 aliphatic carbocycles. The van der Waals surface area contributed by atoms with E-state index in [2.05, 4.69) is 9.97 Å². The molecule has 0 saturated carbocycles. The first-order valence-electron chi connectivity index (χ1n) is 6.48. The average Bonchev–Trinajstić information content (AvgIpc) is 2.51. The molecule has 3 rings (SSSR count). The zero-order chi connectivity index (χ0) is 14.7. The molecule has 2 aromatic rings. The third kappa shape index (κ3) is 2.82. The molecule has 1 fully saturated rings. The average molecular weight is 280 g/mol. The highest BCUT2D eigenvalue weighted by Gasteiger charge is 2.33. The van der Waals surface area contributed by atoms with Crippen molar-refractivity contribution in [3.63, 3.8) is 0 Å². The van der Waals surface area contributed by atoms with Crippen LogP contribution in [0.4, 0.5) is 0 Å². The molecule has 0 bridgehead atoms. The van der Waals surface area contributed by atoms with Gasteiger partial charge in [-0.2, -0.15) is 5.26 Å². The monoisotopic (exact) mass is 280 g/mol. The van der Waals surface area contributed by atoms with E-state index < -0.39 is 0 Å². The van der Waals surface area contributed by atoms with Crippen LogP contribution in [0.5, 0.6) is 5.88 Å². The lowest BCUT2D eigenvalue weighted by molar-refractivity contribution is 0.0159. The van der Waals surface area contributed by atoms with Crippen LogP contribution in [0.3, 0.4) is 0 Å². The number of ether oxygens (including phenoxy) is 1. The van der Waals surface area contributed by atoms with E-state index >= 15 is 0 Å². The second-order valence-electron chi connectivity index (χ2n) is 4.69. The van der Waals surface area contributed by atoms with Crippen LogP contribution in [-0.2, 0) is 0 Å². The molecule has 104 valence electrons. The molecule has 0 aromatic carbocycles. The summed E-state index contributed by atoms with van der Waals surface area (Å²) >= 11 is 0. The lowest BCUT2D eigenvalue weighted by Gasteiger charge is -2.38. The fourth-order valence-corrected chi connectivity index (χ4v) is 2.06. The molecule has 0 N–H and O–H groups in total. The van der Waals surface area contributed by atoms with Crippen molar-refractivity contribution in [1.82, 2.24) is 14.9 Å². The van der Waals surface area contributed by atoms with Gasteiger partial charge in [0.05, 0.1) is 30.3 Å². The molecule has 1 saturated heterocycles. The summed E-state index contributed by atoms with van der Waals surface area (Å²) < 4.78 is 5.64. The summed E-state index contributed by atoms with van der Waals surface area (Å²) in [5.41, 5.74) is 1.07. The Hall–Kier alpha value is -2.94. The molecule has 0 radical (unpaired) electrons. The molecule has 21 heavy (non-hydrogen) atoms. The SMILES string of the molecule is N#Cc1ccnc(OC2CN(C(=O)c3cccnc3)C2)c1. The Labute approximate surface area is 121 Å². The van der Waals surface area contributed by atoms with Gasteiger partial charge in [-0.1, -0.05) is 0 Å². The maximum atomic E-state index is 12.1. The smallest absolute Gasteiger partial charge is 0.255 e. The zero-order valence-electron chi connectivity index (χ0n) is 11.1. The molecule has 1 aliphatic rings. The third-order valence-corrected chi connectivity index (χ3v) is 3.20. The Balaban J connectivity index is 1.56. The number of hydrogen-bond donors (Lipinski definition) is 0. The quantitative estimate of drug-likeness (QED) is 0.845. The molecular formula is C15H12N4O2. The number of aromatic nitrogens is 2. The minimum atomic E-state index is -0.0907. The summed E-state index contributed by atoms with van der Waals surface area (Å²) in [5, 5.41) is 8.82. The molecule has 2 aromatic heterocycles. The molecule has 0 unspecified atom stereocenters. The summed E-state index contributed by atoms with van der Waals surface area (Å²) in [5.74, 6) is 0.356. The van der Waals surface area contributed by atoms with Gasteiger partial charge in [0.25, 0.3) is 5.91 Å². The largest absolute Gasteiger partial charge is 0.471 e. The Bertz CT molecular complexity index is 690. The first kappa shape index (κ1) is 13.1. The molecule has 0 atom stereocenters. The number of nitriles is 1. The minimum Gasteiger partial charge on any atom is -0.471 e. The van der Waals surface area contributed by atoms with Crippen molar-refractivity contribution >= 4 is 5.91 Å². The van der Waals surface area contributed by atoms with Crippen LogP contribution in [0, 0.1) is 11.3 Å². The van der Waals surface area contributed by atoms with Gasteiger partial charge < -0.3 is 9.64 Å². The van der Waals surface area contributed by atoms with E-state index in [1.165, 1.54) is 6.20 Å². The maximum Gasteiger partial charge on any atom is 0.255 e. The molecule has 3 heterocycles. The van der Waals surface area contributed by atoms with Gasteiger partial charge in [0.2, 0.25) is 5.88 Å². The topological polar surface area (TPSA) is 79.1 Å². The van der Waals surface area contributed by atoms with E-state index in [0.29, 0.717) is 30.1 Å². The minimum absolute atomic E-state index is 0.0540. The number of carbonyl (C=O) groups is 1. The molecule has 0 spiro atoms. The summed E-state index contributed by atoms with van der Waals surface area (Å²) in [4.78, 5) is 21.8. The van der Waals surface area contributed by atoms with Crippen LogP contribution < -0.4 is 4.74 Å². The van der Waals surface area contributed by atoms with E-state index in [9.17, 15) is 4.79 Å². The third-order valence-electron chi connectivity index (χ3n) is 3.20. The second kappa shape index (κ2) is 5.59. The van der Waals surface area contributed by atoms with Crippen molar-refractivity contribution in [2.75, 3.05) is 13.1 Å². The highest BCUT2D eigenvalue weighted by atomic mass is 16.5. The van der Waals surface area contributed by atoms with Crippen LogP contribution in [0.2, 0.25) is 0 Å². The van der Waals surface area contributed by atoms with Crippen molar-refractivity contribution in [2.45, 2.75) is 6.10 Å². The number of carbonyl (C=O) groups excluding carboxylic acids is 1. The first-order valence-corrected chi connectivity index (χ1v) is 6.48. The number of hydrogen-bond acceptors (Lipinski definition) is 5. The highest BCUT2D eigenvalue weighted by molar-refractivity contribution is 5.94. The fraction of sp³-hybridized carbons (Fsp3) is 0.200. The van der Waals surface area contributed by atoms with E-state index in [-0.39, 0.29) is 12.0 Å². The first-order chi connectivity index (χ1) is 10.3. The van der Waals surface area contributed by atoms with Crippen molar-refractivity contribution in [3.8, 4) is 11.9 Å². The lowest BCUT2D eigenvalue weighted by Crippen LogP contribution is -2.56. The predicted octanol–water partition coefficient (Wildman–Crippen LogP) is 1.25. The molecule has 1 amide bonds. The van der Waals surface area contributed by atoms with Gasteiger partial charge in [-0.05, 0) is 18.2 Å². The Morgan fingerprint density at radius 1 is 1.38 bits per heavy atom. The van der Waals surface area contributed by atoms with Crippen molar-refractivity contribution in [3.05, 3.63) is 54.0 Å². The lowest BCUT2D eigenvalue weighted by atomic mass is 10.1. The Kier molecular flexibility index (Phi) is 3.48. The summed E-state index contributed by atoms with van der Waals surface area (Å²) in [6.45, 7) is 1.01. The summed E-state index contributed by atoms with van der Waals surface area (Å²) in [6, 6.07) is 8.71. The second-order valence-corrected chi connectivity index (χ2v) is 4.69. The van der Waals surface area contributed by atoms with Gasteiger partial charge in [-0.3, -0.25) is 9.78 Å². The van der Waals surface area contributed by atoms with E-state index in [0.717, 1.165) is 0 Å². The van der Waals surface area contributed by atoms with Crippen LogP contribution in [0.1, 0.15) is 15.9 Å². The van der Waals surface area contributed by atoms with Crippen LogP contribution in [0.25, 0.3) is 0 Å². The Morgan fingerprint density at radius 3 is 2.95 bits per heavy atom. The van der Waals surface area contributed by atoms with Crippen molar-refractivity contribution < 1.29 is 9.53 Å². The van der Waals surface area contributed by atoms with Gasteiger partial charge in [0.15, 0.2) is 0 Å². The van der Waals surface area contributed by atoms with Crippen LogP contribution in [-0.4, -0.2) is 40.0 Å². The molecular weight excluding hydrogens is 268 g/mol. The number of nitrogens with zero attached hydrogens (tertiary/aromatic N) is 4. The number of rotatable bonds is 3. The van der Waals surface area contributed by atoms with Crippen molar-refractivity contribution in [1.29, 1.82) is 5.26 Å². The Morgan fingerprint density at radius 2 is 2.24 bits per heavy atom. The normalized spacial score (nSPS) is 14.1. The van der Waals surface area contributed by atoms with Gasteiger partial charge in [-0.25, -0.2) is 4.98 Å². The number of amides is 1. The molecule has 6 nitrogen and oxygen atoms in total. The van der Waals surface area contributed by atoms with Gasteiger partial charge in [0.1, 0.15) is 6.10 Å². The zero-order valence-corrected chi connectivity index (χ0v) is 11.1. The maximum absolute atomic E-state index is 12.1. The van der Waals surface area contributed by atoms with Gasteiger partial charge in [0, 0.05) is 24.7 Å². The highest BCUT2D eigenvalue weighted by Crippen LogP contribution is 2.18. The number of pyridine rings is 2. The summed E-state index contributed by atoms with van der Waals surface area (Å²) in [6.07, 6.45) is 4.62. The van der Waals surface area contributed by atoms with Gasteiger partial charge in [-0.15, -0.1) is 0 Å². The molecule has 1 aliphatic heterocycles. The van der Waals surface area contributed by atoms with E-state index in [1.807, 2.05) is 6.07 Å². The standard InChI is InChI=1S/C15H12N4O2/c16-7-11-3-5-18-14(6-11)21-13-9-19(10-13)15(20)12-2-1-4-17-8-12/h1-6,8,13H,9-10H2. The van der Waals surface area contributed by atoms with Crippen LogP contribution in [0.15, 0.2) is 42.9 Å². The van der Waals surface area contributed by atoms with E-state index in [1.54, 1.807) is 41.6 Å².